The van der Waals surface area contributed by atoms with Gasteiger partial charge in [0.15, 0.2) is 0 Å². The Bertz CT molecular complexity index is 1870. The van der Waals surface area contributed by atoms with Crippen LogP contribution in [0.25, 0.3) is 11.1 Å². The molecule has 4 aromatic rings. The highest BCUT2D eigenvalue weighted by molar-refractivity contribution is 6.32. The van der Waals surface area contributed by atoms with Gasteiger partial charge in [0.2, 0.25) is 5.95 Å². The van der Waals surface area contributed by atoms with Gasteiger partial charge in [-0.1, -0.05) is 17.7 Å². The zero-order valence-corrected chi connectivity index (χ0v) is 39.1. The number of anilines is 2. The van der Waals surface area contributed by atoms with Gasteiger partial charge in [-0.2, -0.15) is 0 Å². The Morgan fingerprint density at radius 3 is 1.85 bits per heavy atom. The number of methoxy groups -OCH3 is 1. The highest BCUT2D eigenvalue weighted by Crippen LogP contribution is 2.35. The number of halogens is 1. The van der Waals surface area contributed by atoms with E-state index in [1.807, 2.05) is 29.9 Å². The fraction of sp³-hybridized carbons (Fsp3) is 0.682. The summed E-state index contributed by atoms with van der Waals surface area (Å²) in [6.45, 7) is 13.7. The third kappa shape index (κ3) is 18.5. The summed E-state index contributed by atoms with van der Waals surface area (Å²) in [6.07, 6.45) is 11.1. The molecule has 0 spiro atoms. The lowest BCUT2D eigenvalue weighted by Gasteiger charge is -2.38. The molecular formula is C44H67ClN10O11. The maximum absolute atomic E-state index is 6.50. The fourth-order valence-corrected chi connectivity index (χ4v) is 7.52. The number of nitrogens with one attached hydrogen (secondary N) is 1. The molecule has 22 heteroatoms. The van der Waals surface area contributed by atoms with Crippen molar-refractivity contribution >= 4 is 23.2 Å². The summed E-state index contributed by atoms with van der Waals surface area (Å²) in [5.74, 6) is 1.41. The summed E-state index contributed by atoms with van der Waals surface area (Å²) < 4.78 is 65.3. The third-order valence-electron chi connectivity index (χ3n) is 10.8. The van der Waals surface area contributed by atoms with Crippen molar-refractivity contribution in [3.63, 3.8) is 0 Å². The molecule has 2 fully saturated rings. The van der Waals surface area contributed by atoms with E-state index in [1.54, 1.807) is 36.6 Å². The first-order chi connectivity index (χ1) is 32.6. The molecule has 66 heavy (non-hydrogen) atoms. The first-order valence-electron chi connectivity index (χ1n) is 22.9. The van der Waals surface area contributed by atoms with Gasteiger partial charge in [0.05, 0.1) is 136 Å². The van der Waals surface area contributed by atoms with E-state index >= 15 is 0 Å². The van der Waals surface area contributed by atoms with Crippen molar-refractivity contribution in [2.24, 2.45) is 0 Å². The van der Waals surface area contributed by atoms with E-state index in [4.69, 9.17) is 68.8 Å². The van der Waals surface area contributed by atoms with Crippen LogP contribution in [0.1, 0.15) is 38.6 Å². The molecule has 0 unspecified atom stereocenters. The monoisotopic (exact) mass is 946 g/mol. The molecule has 0 bridgehead atoms. The van der Waals surface area contributed by atoms with Crippen molar-refractivity contribution in [2.45, 2.75) is 57.3 Å². The lowest BCUT2D eigenvalue weighted by atomic mass is 9.90. The second kappa shape index (κ2) is 30.3. The second-order valence-corrected chi connectivity index (χ2v) is 16.0. The predicted molar refractivity (Wildman–Crippen MR) is 243 cm³/mol. The molecule has 1 saturated heterocycles. The van der Waals surface area contributed by atoms with Crippen molar-refractivity contribution in [1.82, 2.24) is 44.9 Å². The summed E-state index contributed by atoms with van der Waals surface area (Å²) in [5, 5.41) is 20.0. The van der Waals surface area contributed by atoms with Gasteiger partial charge in [0.1, 0.15) is 30.5 Å². The normalized spacial score (nSPS) is 17.3. The maximum Gasteiger partial charge on any atom is 0.257 e. The third-order valence-corrected chi connectivity index (χ3v) is 11.1. The topological polar surface area (TPSA) is 204 Å². The van der Waals surface area contributed by atoms with Gasteiger partial charge >= 0.3 is 0 Å². The highest BCUT2D eigenvalue weighted by atomic mass is 35.5. The zero-order chi connectivity index (χ0) is 45.9. The zero-order valence-electron chi connectivity index (χ0n) is 38.3. The van der Waals surface area contributed by atoms with E-state index in [0.29, 0.717) is 147 Å². The largest absolute Gasteiger partial charge is 0.487 e. The van der Waals surface area contributed by atoms with Crippen molar-refractivity contribution in [1.29, 1.82) is 0 Å². The van der Waals surface area contributed by atoms with Gasteiger partial charge in [-0.05, 0) is 60.7 Å². The fourth-order valence-electron chi connectivity index (χ4n) is 7.36. The molecule has 2 aliphatic rings. The molecule has 1 aliphatic carbocycles. The van der Waals surface area contributed by atoms with Gasteiger partial charge in [0.25, 0.3) is 5.88 Å². The minimum Gasteiger partial charge on any atom is -0.487 e. The van der Waals surface area contributed by atoms with Crippen molar-refractivity contribution in [3.8, 4) is 22.8 Å². The summed E-state index contributed by atoms with van der Waals surface area (Å²) in [6, 6.07) is 6.41. The van der Waals surface area contributed by atoms with Crippen LogP contribution < -0.4 is 14.8 Å². The molecule has 1 atom stereocenters. The first kappa shape index (κ1) is 51.3. The van der Waals surface area contributed by atoms with Crippen LogP contribution >= 0.6 is 11.6 Å². The van der Waals surface area contributed by atoms with Crippen LogP contribution in [0, 0.1) is 0 Å². The molecule has 21 nitrogen and oxygen atoms in total. The SMILES string of the molecule is COCCOCCOCCOCCOCCOCCOCCOCCOc1nn(C2CCC(N3CCOCC3)CC2)cc1Nc1ncc(-c2ccc(Cl)c(O[C@@H](C)Cn3cnnn3)c2)cn1. The van der Waals surface area contributed by atoms with Crippen LogP contribution in [-0.4, -0.2) is 196 Å². The standard InChI is InChI=1S/C44H67ClN10O11/c1-35(32-54-34-48-51-52-54)66-42-29-36(3-8-40(42)45)37-30-46-44(47-31-37)49-41-33-55(39-6-4-38(5-7-39)53-9-11-57-12-10-53)50-43(41)65-28-27-64-26-25-63-24-23-62-22-21-61-20-19-60-18-17-59-16-15-58-14-13-56-2/h3,8,29-31,33-35,38-39H,4-7,9-28,32H2,1-2H3,(H,46,47,49)/t35-,38?,39?/m0/s1. The van der Waals surface area contributed by atoms with Gasteiger partial charge in [0, 0.05) is 44.2 Å². The van der Waals surface area contributed by atoms with E-state index in [0.717, 1.165) is 63.1 Å². The first-order valence-corrected chi connectivity index (χ1v) is 23.3. The van der Waals surface area contributed by atoms with E-state index in [9.17, 15) is 0 Å². The Labute approximate surface area is 391 Å². The lowest BCUT2D eigenvalue weighted by molar-refractivity contribution is -0.0227. The van der Waals surface area contributed by atoms with Gasteiger partial charge in [-0.3, -0.25) is 9.58 Å². The molecule has 1 aromatic carbocycles. The van der Waals surface area contributed by atoms with Crippen LogP contribution in [0.5, 0.6) is 11.6 Å². The Balaban J connectivity index is 0.884. The van der Waals surface area contributed by atoms with E-state index in [2.05, 4.69) is 35.7 Å². The molecule has 4 heterocycles. The van der Waals surface area contributed by atoms with Crippen molar-refractivity contribution in [2.75, 3.05) is 144 Å². The number of rotatable bonds is 34. The summed E-state index contributed by atoms with van der Waals surface area (Å²) in [4.78, 5) is 11.8. The molecule has 0 amide bonds. The number of hydrogen-bond acceptors (Lipinski definition) is 19. The predicted octanol–water partition coefficient (Wildman–Crippen LogP) is 4.15. The maximum atomic E-state index is 6.50. The molecule has 1 saturated carbocycles. The Morgan fingerprint density at radius 1 is 0.727 bits per heavy atom. The number of ether oxygens (including phenoxy) is 11. The van der Waals surface area contributed by atoms with E-state index in [1.165, 1.54) is 0 Å². The minimum atomic E-state index is -0.228. The van der Waals surface area contributed by atoms with Crippen LogP contribution in [-0.2, 0) is 49.2 Å². The molecule has 1 N–H and O–H groups in total. The molecule has 366 valence electrons. The van der Waals surface area contributed by atoms with Gasteiger partial charge in [-0.25, -0.2) is 14.6 Å². The van der Waals surface area contributed by atoms with Gasteiger partial charge in [-0.15, -0.1) is 10.2 Å². The van der Waals surface area contributed by atoms with Crippen LogP contribution in [0.3, 0.4) is 0 Å². The molecular weight excluding hydrogens is 880 g/mol. The highest BCUT2D eigenvalue weighted by Gasteiger charge is 2.29. The smallest absolute Gasteiger partial charge is 0.257 e. The molecule has 0 radical (unpaired) electrons. The van der Waals surface area contributed by atoms with Crippen LogP contribution in [0.2, 0.25) is 5.02 Å². The van der Waals surface area contributed by atoms with Crippen molar-refractivity contribution in [3.05, 3.63) is 48.1 Å². The quantitative estimate of drug-likeness (QED) is 0.0654. The second-order valence-electron chi connectivity index (χ2n) is 15.6. The number of morpholine rings is 1. The summed E-state index contributed by atoms with van der Waals surface area (Å²) in [5.41, 5.74) is 2.33. The molecule has 6 rings (SSSR count). The average Bonchev–Trinajstić information content (AvgIpc) is 4.01. The lowest BCUT2D eigenvalue weighted by Crippen LogP contribution is -2.45. The van der Waals surface area contributed by atoms with Crippen LogP contribution in [0.15, 0.2) is 43.1 Å². The Hall–Kier alpha value is -4.13. The number of tetrazole rings is 1. The van der Waals surface area contributed by atoms with Crippen LogP contribution in [0.4, 0.5) is 11.6 Å². The van der Waals surface area contributed by atoms with E-state index < -0.39 is 0 Å². The molecule has 1 aliphatic heterocycles. The Kier molecular flexibility index (Phi) is 23.5. The number of aromatic nitrogens is 8. The Morgan fingerprint density at radius 2 is 1.29 bits per heavy atom. The minimum absolute atomic E-state index is 0.228. The number of hydrogen-bond donors (Lipinski definition) is 1. The molecule has 3 aromatic heterocycles. The summed E-state index contributed by atoms with van der Waals surface area (Å²) in [7, 11) is 1.65. The summed E-state index contributed by atoms with van der Waals surface area (Å²) >= 11 is 6.50. The number of benzene rings is 1. The van der Waals surface area contributed by atoms with E-state index in [-0.39, 0.29) is 12.1 Å². The average molecular weight is 948 g/mol. The van der Waals surface area contributed by atoms with Crippen molar-refractivity contribution < 1.29 is 52.1 Å². The van der Waals surface area contributed by atoms with Gasteiger partial charge < -0.3 is 57.4 Å². The number of nitrogens with zero attached hydrogens (tertiary/aromatic N) is 9.